The number of nitrogens with zero attached hydrogens (tertiary/aromatic N) is 1. The molecule has 9 heteroatoms. The van der Waals surface area contributed by atoms with Crippen molar-refractivity contribution < 1.29 is 9.53 Å². The lowest BCUT2D eigenvalue weighted by atomic mass is 10.1. The van der Waals surface area contributed by atoms with E-state index in [0.29, 0.717) is 17.3 Å². The summed E-state index contributed by atoms with van der Waals surface area (Å²) in [6.45, 7) is 1.36. The van der Waals surface area contributed by atoms with Crippen molar-refractivity contribution in [3.63, 3.8) is 0 Å². The number of ether oxygens (including phenoxy) is 1. The van der Waals surface area contributed by atoms with E-state index in [-0.39, 0.29) is 22.5 Å². The van der Waals surface area contributed by atoms with E-state index in [0.717, 1.165) is 19.4 Å². The lowest BCUT2D eigenvalue weighted by Crippen LogP contribution is -2.48. The summed E-state index contributed by atoms with van der Waals surface area (Å²) in [6.07, 6.45) is 2.19. The van der Waals surface area contributed by atoms with Crippen LogP contribution in [0.5, 0.6) is 0 Å². The molecule has 2 aromatic rings. The number of H-pyrrole nitrogens is 1. The number of thiocarbonyl (C=S) groups is 1. The first-order chi connectivity index (χ1) is 11.6. The molecule has 0 radical (unpaired) electrons. The Morgan fingerprint density at radius 2 is 2.12 bits per heavy atom. The minimum absolute atomic E-state index is 0.111. The van der Waals surface area contributed by atoms with Gasteiger partial charge in [-0.15, -0.1) is 0 Å². The van der Waals surface area contributed by atoms with Crippen molar-refractivity contribution in [2.24, 2.45) is 0 Å². The molecule has 1 amide bonds. The van der Waals surface area contributed by atoms with Gasteiger partial charge in [0, 0.05) is 18.5 Å². The van der Waals surface area contributed by atoms with Crippen molar-refractivity contribution in [1.82, 2.24) is 26.4 Å². The van der Waals surface area contributed by atoms with Crippen LogP contribution in [0.2, 0.25) is 0 Å². The lowest BCUT2D eigenvalue weighted by molar-refractivity contribution is 0.0939. The van der Waals surface area contributed by atoms with Crippen molar-refractivity contribution >= 4 is 34.0 Å². The number of hydrogen-bond donors (Lipinski definition) is 4. The Labute approximate surface area is 142 Å². The van der Waals surface area contributed by atoms with Gasteiger partial charge < -0.3 is 10.1 Å². The second-order valence-electron chi connectivity index (χ2n) is 5.37. The summed E-state index contributed by atoms with van der Waals surface area (Å²) in [5, 5.41) is 10.3. The van der Waals surface area contributed by atoms with Crippen molar-refractivity contribution in [2.75, 3.05) is 13.2 Å². The number of amides is 1. The van der Waals surface area contributed by atoms with E-state index in [1.165, 1.54) is 0 Å². The van der Waals surface area contributed by atoms with E-state index in [2.05, 4.69) is 26.4 Å². The van der Waals surface area contributed by atoms with Crippen LogP contribution in [-0.2, 0) is 4.74 Å². The average molecular weight is 347 g/mol. The monoisotopic (exact) mass is 347 g/mol. The molecule has 8 nitrogen and oxygen atoms in total. The normalized spacial score (nSPS) is 16.8. The maximum atomic E-state index is 12.3. The van der Waals surface area contributed by atoms with Crippen LogP contribution in [0.25, 0.3) is 10.8 Å². The SMILES string of the molecule is O=C(NNC(=S)NC[C@H]1CCCO1)c1n[nH]c(=O)c2ccccc12. The zero-order chi connectivity index (χ0) is 16.9. The number of benzene rings is 1. The van der Waals surface area contributed by atoms with Gasteiger partial charge in [-0.25, -0.2) is 5.10 Å². The molecular formula is C15H17N5O3S. The number of carbonyl (C=O) groups excluding carboxylic acids is 1. The first-order valence-electron chi connectivity index (χ1n) is 7.58. The molecule has 0 saturated carbocycles. The largest absolute Gasteiger partial charge is 0.376 e. The molecule has 1 aliphatic heterocycles. The van der Waals surface area contributed by atoms with Crippen LogP contribution in [0, 0.1) is 0 Å². The van der Waals surface area contributed by atoms with Gasteiger partial charge in [0.25, 0.3) is 11.5 Å². The molecule has 0 aliphatic carbocycles. The van der Waals surface area contributed by atoms with Gasteiger partial charge in [0.1, 0.15) is 0 Å². The van der Waals surface area contributed by atoms with Crippen LogP contribution in [-0.4, -0.2) is 40.5 Å². The fraction of sp³-hybridized carbons (Fsp3) is 0.333. The zero-order valence-corrected chi connectivity index (χ0v) is 13.6. The molecule has 1 aromatic heterocycles. The number of rotatable bonds is 3. The van der Waals surface area contributed by atoms with Gasteiger partial charge in [0.15, 0.2) is 10.8 Å². The van der Waals surface area contributed by atoms with Gasteiger partial charge in [-0.05, 0) is 31.1 Å². The quantitative estimate of drug-likeness (QED) is 0.464. The molecule has 0 bridgehead atoms. The fourth-order valence-electron chi connectivity index (χ4n) is 2.52. The summed E-state index contributed by atoms with van der Waals surface area (Å²) in [4.78, 5) is 24.0. The summed E-state index contributed by atoms with van der Waals surface area (Å²) in [5.74, 6) is -0.497. The van der Waals surface area contributed by atoms with Gasteiger partial charge >= 0.3 is 0 Å². The van der Waals surface area contributed by atoms with Crippen molar-refractivity contribution in [2.45, 2.75) is 18.9 Å². The molecule has 0 unspecified atom stereocenters. The molecule has 1 aromatic carbocycles. The molecule has 1 fully saturated rings. The Morgan fingerprint density at radius 3 is 2.88 bits per heavy atom. The first-order valence-corrected chi connectivity index (χ1v) is 7.99. The summed E-state index contributed by atoms with van der Waals surface area (Å²) in [5.41, 5.74) is 4.85. The Bertz CT molecular complexity index is 816. The van der Waals surface area contributed by atoms with E-state index in [4.69, 9.17) is 17.0 Å². The Balaban J connectivity index is 1.60. The van der Waals surface area contributed by atoms with Crippen LogP contribution < -0.4 is 21.7 Å². The van der Waals surface area contributed by atoms with E-state index in [1.807, 2.05) is 0 Å². The summed E-state index contributed by atoms with van der Waals surface area (Å²) in [6, 6.07) is 6.76. The second-order valence-corrected chi connectivity index (χ2v) is 5.78. The predicted octanol–water partition coefficient (Wildman–Crippen LogP) is 0.211. The third-order valence-corrected chi connectivity index (χ3v) is 3.96. The Hall–Kier alpha value is -2.52. The minimum Gasteiger partial charge on any atom is -0.376 e. The van der Waals surface area contributed by atoms with Crippen molar-refractivity contribution in [1.29, 1.82) is 0 Å². The number of hydrazine groups is 1. The molecule has 126 valence electrons. The number of nitrogens with one attached hydrogen (secondary N) is 4. The van der Waals surface area contributed by atoms with Crippen LogP contribution in [0.4, 0.5) is 0 Å². The maximum absolute atomic E-state index is 12.3. The number of carbonyl (C=O) groups is 1. The number of aromatic amines is 1. The highest BCUT2D eigenvalue weighted by Gasteiger charge is 2.16. The van der Waals surface area contributed by atoms with Crippen molar-refractivity contribution in [3.05, 3.63) is 40.3 Å². The molecule has 3 rings (SSSR count). The van der Waals surface area contributed by atoms with Crippen LogP contribution in [0.3, 0.4) is 0 Å². The van der Waals surface area contributed by atoms with Gasteiger partial charge in [-0.1, -0.05) is 18.2 Å². The minimum atomic E-state index is -0.497. The van der Waals surface area contributed by atoms with E-state index in [9.17, 15) is 9.59 Å². The predicted molar refractivity (Wildman–Crippen MR) is 92.5 cm³/mol. The van der Waals surface area contributed by atoms with Gasteiger partial charge in [-0.2, -0.15) is 5.10 Å². The number of hydrogen-bond acceptors (Lipinski definition) is 5. The zero-order valence-electron chi connectivity index (χ0n) is 12.8. The highest BCUT2D eigenvalue weighted by atomic mass is 32.1. The summed E-state index contributed by atoms with van der Waals surface area (Å²) < 4.78 is 5.48. The molecule has 0 spiro atoms. The second kappa shape index (κ2) is 7.37. The molecular weight excluding hydrogens is 330 g/mol. The van der Waals surface area contributed by atoms with Gasteiger partial charge in [0.05, 0.1) is 11.5 Å². The van der Waals surface area contributed by atoms with Crippen LogP contribution in [0.15, 0.2) is 29.1 Å². The molecule has 2 heterocycles. The molecule has 1 atom stereocenters. The van der Waals surface area contributed by atoms with Crippen LogP contribution >= 0.6 is 12.2 Å². The summed E-state index contributed by atoms with van der Waals surface area (Å²) >= 11 is 5.10. The first kappa shape index (κ1) is 16.3. The third kappa shape index (κ3) is 3.69. The Kier molecular flexibility index (Phi) is 5.02. The number of aromatic nitrogens is 2. The summed E-state index contributed by atoms with van der Waals surface area (Å²) in [7, 11) is 0. The van der Waals surface area contributed by atoms with E-state index >= 15 is 0 Å². The lowest BCUT2D eigenvalue weighted by Gasteiger charge is -2.14. The maximum Gasteiger partial charge on any atom is 0.290 e. The van der Waals surface area contributed by atoms with E-state index < -0.39 is 5.91 Å². The fourth-order valence-corrected chi connectivity index (χ4v) is 2.65. The molecule has 1 aliphatic rings. The Morgan fingerprint density at radius 1 is 1.33 bits per heavy atom. The topological polar surface area (TPSA) is 108 Å². The average Bonchev–Trinajstić information content (AvgIpc) is 3.12. The molecule has 24 heavy (non-hydrogen) atoms. The van der Waals surface area contributed by atoms with Crippen LogP contribution in [0.1, 0.15) is 23.3 Å². The van der Waals surface area contributed by atoms with E-state index in [1.54, 1.807) is 24.3 Å². The molecule has 4 N–H and O–H groups in total. The highest BCUT2D eigenvalue weighted by molar-refractivity contribution is 7.80. The van der Waals surface area contributed by atoms with Gasteiger partial charge in [0.2, 0.25) is 0 Å². The molecule has 1 saturated heterocycles. The highest BCUT2D eigenvalue weighted by Crippen LogP contribution is 2.12. The number of fused-ring (bicyclic) bond motifs is 1. The van der Waals surface area contributed by atoms with Crippen molar-refractivity contribution in [3.8, 4) is 0 Å². The smallest absolute Gasteiger partial charge is 0.290 e. The van der Waals surface area contributed by atoms with Gasteiger partial charge in [-0.3, -0.25) is 20.4 Å². The standard InChI is InChI=1S/C15H17N5O3S/c21-13-11-6-2-1-5-10(11)12(17-18-13)14(22)19-20-15(24)16-8-9-4-3-7-23-9/h1-2,5-6,9H,3-4,7-8H2,(H,18,21)(H,19,22)(H2,16,20,24)/t9-/m1/s1. The third-order valence-electron chi connectivity index (χ3n) is 3.71.